The highest BCUT2D eigenvalue weighted by atomic mass is 32.2. The van der Waals surface area contributed by atoms with E-state index in [9.17, 15) is 8.42 Å². The van der Waals surface area contributed by atoms with Crippen molar-refractivity contribution in [3.8, 4) is 11.5 Å². The van der Waals surface area contributed by atoms with E-state index in [0.717, 1.165) is 25.7 Å². The highest BCUT2D eigenvalue weighted by Crippen LogP contribution is 2.32. The van der Waals surface area contributed by atoms with Crippen LogP contribution < -0.4 is 19.9 Å². The lowest BCUT2D eigenvalue weighted by Gasteiger charge is -2.38. The van der Waals surface area contributed by atoms with Crippen molar-refractivity contribution in [1.29, 1.82) is 0 Å². The highest BCUT2D eigenvalue weighted by Gasteiger charge is 2.33. The standard InChI is InChI=1S/C14H20N2O4S/c15-14(5-1-6-14)10-16-21(17,18)11-3-4-12-13(9-11)20-8-2-7-19-12/h3-4,9,16H,1-2,5-8,10,15H2. The fraction of sp³-hybridized carbons (Fsp3) is 0.571. The Kier molecular flexibility index (Phi) is 3.81. The summed E-state index contributed by atoms with van der Waals surface area (Å²) in [4.78, 5) is 0.176. The number of nitrogens with two attached hydrogens (primary N) is 1. The van der Waals surface area contributed by atoms with E-state index in [1.54, 1.807) is 6.07 Å². The summed E-state index contributed by atoms with van der Waals surface area (Å²) in [5.41, 5.74) is 5.66. The molecule has 1 heterocycles. The van der Waals surface area contributed by atoms with Gasteiger partial charge in [-0.05, 0) is 31.4 Å². The lowest BCUT2D eigenvalue weighted by Crippen LogP contribution is -2.54. The molecule has 116 valence electrons. The molecule has 0 radical (unpaired) electrons. The quantitative estimate of drug-likeness (QED) is 0.866. The van der Waals surface area contributed by atoms with Crippen molar-refractivity contribution in [3.63, 3.8) is 0 Å². The molecule has 21 heavy (non-hydrogen) atoms. The van der Waals surface area contributed by atoms with Gasteiger partial charge in [-0.15, -0.1) is 0 Å². The number of nitrogens with one attached hydrogen (secondary N) is 1. The molecule has 1 saturated carbocycles. The van der Waals surface area contributed by atoms with Crippen molar-refractivity contribution in [2.75, 3.05) is 19.8 Å². The second kappa shape index (κ2) is 5.47. The Morgan fingerprint density at radius 2 is 1.86 bits per heavy atom. The van der Waals surface area contributed by atoms with Crippen molar-refractivity contribution in [1.82, 2.24) is 4.72 Å². The Labute approximate surface area is 124 Å². The van der Waals surface area contributed by atoms with Gasteiger partial charge in [-0.3, -0.25) is 0 Å². The van der Waals surface area contributed by atoms with Crippen molar-refractivity contribution < 1.29 is 17.9 Å². The summed E-state index contributed by atoms with van der Waals surface area (Å²) in [6.45, 7) is 1.37. The fourth-order valence-electron chi connectivity index (χ4n) is 2.44. The zero-order valence-corrected chi connectivity index (χ0v) is 12.6. The van der Waals surface area contributed by atoms with Crippen LogP contribution in [0.3, 0.4) is 0 Å². The van der Waals surface area contributed by atoms with Gasteiger partial charge < -0.3 is 15.2 Å². The van der Waals surface area contributed by atoms with Crippen LogP contribution in [0.25, 0.3) is 0 Å². The van der Waals surface area contributed by atoms with Crippen LogP contribution in [0, 0.1) is 0 Å². The topological polar surface area (TPSA) is 90.7 Å². The molecule has 2 aliphatic rings. The maximum atomic E-state index is 12.3. The van der Waals surface area contributed by atoms with E-state index >= 15 is 0 Å². The van der Waals surface area contributed by atoms with Crippen molar-refractivity contribution in [2.24, 2.45) is 5.73 Å². The van der Waals surface area contributed by atoms with Crippen LogP contribution in [0.15, 0.2) is 23.1 Å². The number of hydrogen-bond acceptors (Lipinski definition) is 5. The zero-order chi connectivity index (χ0) is 14.9. The summed E-state index contributed by atoms with van der Waals surface area (Å²) >= 11 is 0. The summed E-state index contributed by atoms with van der Waals surface area (Å²) in [7, 11) is -3.58. The first kappa shape index (κ1) is 14.6. The van der Waals surface area contributed by atoms with Gasteiger partial charge in [0.25, 0.3) is 0 Å². The molecule has 0 aromatic heterocycles. The Bertz CT molecular complexity index is 626. The Morgan fingerprint density at radius 1 is 1.14 bits per heavy atom. The summed E-state index contributed by atoms with van der Waals surface area (Å²) in [6, 6.07) is 4.67. The summed E-state index contributed by atoms with van der Waals surface area (Å²) in [5, 5.41) is 0. The molecule has 1 aromatic carbocycles. The van der Waals surface area contributed by atoms with Crippen LogP contribution in [-0.2, 0) is 10.0 Å². The minimum absolute atomic E-state index is 0.176. The van der Waals surface area contributed by atoms with Crippen molar-refractivity contribution >= 4 is 10.0 Å². The van der Waals surface area contributed by atoms with Crippen LogP contribution in [0.5, 0.6) is 11.5 Å². The number of fused-ring (bicyclic) bond motifs is 1. The van der Waals surface area contributed by atoms with Gasteiger partial charge in [-0.2, -0.15) is 0 Å². The number of benzene rings is 1. The van der Waals surface area contributed by atoms with E-state index in [0.29, 0.717) is 24.7 Å². The largest absolute Gasteiger partial charge is 0.490 e. The third kappa shape index (κ3) is 3.14. The van der Waals surface area contributed by atoms with E-state index in [1.165, 1.54) is 12.1 Å². The van der Waals surface area contributed by atoms with Crippen LogP contribution in [0.2, 0.25) is 0 Å². The van der Waals surface area contributed by atoms with Crippen LogP contribution in [0.1, 0.15) is 25.7 Å². The lowest BCUT2D eigenvalue weighted by atomic mass is 9.78. The molecular weight excluding hydrogens is 292 g/mol. The molecule has 1 aromatic rings. The third-order valence-corrected chi connectivity index (χ3v) is 5.39. The molecule has 0 unspecified atom stereocenters. The minimum Gasteiger partial charge on any atom is -0.490 e. The maximum Gasteiger partial charge on any atom is 0.240 e. The molecule has 1 aliphatic carbocycles. The number of ether oxygens (including phenoxy) is 2. The predicted molar refractivity (Wildman–Crippen MR) is 78.0 cm³/mol. The zero-order valence-electron chi connectivity index (χ0n) is 11.8. The molecule has 0 amide bonds. The van der Waals surface area contributed by atoms with Gasteiger partial charge in [0.1, 0.15) is 0 Å². The molecule has 6 nitrogen and oxygen atoms in total. The van der Waals surface area contributed by atoms with Gasteiger partial charge in [0, 0.05) is 24.6 Å². The van der Waals surface area contributed by atoms with Gasteiger partial charge in [0.05, 0.1) is 18.1 Å². The molecule has 3 N–H and O–H groups in total. The molecule has 3 rings (SSSR count). The highest BCUT2D eigenvalue weighted by molar-refractivity contribution is 7.89. The smallest absolute Gasteiger partial charge is 0.240 e. The van der Waals surface area contributed by atoms with Gasteiger partial charge in [0.2, 0.25) is 10.0 Å². The average molecular weight is 312 g/mol. The van der Waals surface area contributed by atoms with Gasteiger partial charge in [-0.25, -0.2) is 13.1 Å². The van der Waals surface area contributed by atoms with Crippen LogP contribution >= 0.6 is 0 Å². The van der Waals surface area contributed by atoms with Crippen LogP contribution in [-0.4, -0.2) is 33.7 Å². The van der Waals surface area contributed by atoms with Crippen molar-refractivity contribution in [3.05, 3.63) is 18.2 Å². The molecule has 7 heteroatoms. The Balaban J connectivity index is 1.77. The minimum atomic E-state index is -3.58. The average Bonchev–Trinajstić information content (AvgIpc) is 2.67. The SMILES string of the molecule is NC1(CNS(=O)(=O)c2ccc3c(c2)OCCCO3)CCC1. The number of sulfonamides is 1. The van der Waals surface area contributed by atoms with E-state index in [4.69, 9.17) is 15.2 Å². The van der Waals surface area contributed by atoms with Crippen LogP contribution in [0.4, 0.5) is 0 Å². The Hall–Kier alpha value is -1.31. The molecule has 0 atom stereocenters. The molecule has 0 bridgehead atoms. The number of hydrogen-bond donors (Lipinski definition) is 2. The molecule has 1 aliphatic heterocycles. The summed E-state index contributed by atoms with van der Waals surface area (Å²) in [6.07, 6.45) is 3.56. The second-order valence-electron chi connectivity index (χ2n) is 5.70. The van der Waals surface area contributed by atoms with Gasteiger partial charge in [-0.1, -0.05) is 0 Å². The molecule has 0 spiro atoms. The van der Waals surface area contributed by atoms with Crippen molar-refractivity contribution in [2.45, 2.75) is 36.1 Å². The normalized spacial score (nSPS) is 20.4. The second-order valence-corrected chi connectivity index (χ2v) is 7.47. The van der Waals surface area contributed by atoms with E-state index in [-0.39, 0.29) is 11.4 Å². The van der Waals surface area contributed by atoms with E-state index < -0.39 is 15.6 Å². The molecule has 1 fully saturated rings. The molecule has 0 saturated heterocycles. The first-order chi connectivity index (χ1) is 9.99. The van der Waals surface area contributed by atoms with E-state index in [1.807, 2.05) is 0 Å². The predicted octanol–water partition coefficient (Wildman–Crippen LogP) is 1.01. The van der Waals surface area contributed by atoms with Gasteiger partial charge >= 0.3 is 0 Å². The third-order valence-electron chi connectivity index (χ3n) is 3.99. The monoisotopic (exact) mass is 312 g/mol. The molecular formula is C14H20N2O4S. The van der Waals surface area contributed by atoms with E-state index in [2.05, 4.69) is 4.72 Å². The first-order valence-corrected chi connectivity index (χ1v) is 8.65. The number of rotatable bonds is 4. The summed E-state index contributed by atoms with van der Waals surface area (Å²) in [5.74, 6) is 1.06. The summed E-state index contributed by atoms with van der Waals surface area (Å²) < 4.78 is 38.3. The lowest BCUT2D eigenvalue weighted by molar-refractivity contribution is 0.251. The maximum absolute atomic E-state index is 12.3. The first-order valence-electron chi connectivity index (χ1n) is 7.17. The van der Waals surface area contributed by atoms with Gasteiger partial charge in [0.15, 0.2) is 11.5 Å². The Morgan fingerprint density at radius 3 is 2.52 bits per heavy atom. The fourth-order valence-corrected chi connectivity index (χ4v) is 3.59.